The van der Waals surface area contributed by atoms with Gasteiger partial charge in [-0.05, 0) is 42.0 Å². The number of fused-ring (bicyclic) bond motifs is 1. The van der Waals surface area contributed by atoms with E-state index in [0.717, 1.165) is 16.8 Å². The molecule has 0 unspecified atom stereocenters. The van der Waals surface area contributed by atoms with Gasteiger partial charge in [-0.1, -0.05) is 26.0 Å². The third-order valence-corrected chi connectivity index (χ3v) is 7.25. The van der Waals surface area contributed by atoms with E-state index in [1.165, 1.54) is 4.31 Å². The lowest BCUT2D eigenvalue weighted by Crippen LogP contribution is -2.30. The van der Waals surface area contributed by atoms with E-state index in [1.807, 2.05) is 38.1 Å². The zero-order valence-corrected chi connectivity index (χ0v) is 18.5. The third kappa shape index (κ3) is 4.20. The molecule has 0 spiro atoms. The van der Waals surface area contributed by atoms with Crippen molar-refractivity contribution < 1.29 is 17.9 Å². The van der Waals surface area contributed by atoms with Gasteiger partial charge in [0.15, 0.2) is 0 Å². The van der Waals surface area contributed by atoms with Crippen molar-refractivity contribution in [3.8, 4) is 5.75 Å². The highest BCUT2D eigenvalue weighted by molar-refractivity contribution is 7.89. The van der Waals surface area contributed by atoms with Gasteiger partial charge in [-0.2, -0.15) is 4.31 Å². The van der Waals surface area contributed by atoms with Crippen LogP contribution in [-0.2, 0) is 23.6 Å². The molecular weight excluding hydrogens is 402 g/mol. The number of sulfonamides is 1. The molecule has 0 bridgehead atoms. The summed E-state index contributed by atoms with van der Waals surface area (Å²) in [5.41, 5.74) is 2.22. The second-order valence-corrected chi connectivity index (χ2v) is 8.87. The first kappa shape index (κ1) is 21.9. The number of ether oxygens (including phenoxy) is 1. The highest BCUT2D eigenvalue weighted by atomic mass is 32.2. The standard InChI is InChI=1S/C22H27N3O4S/c1-5-25(6-2)30(27,28)19-11-12-20-17(13-19)14-21(24(20)3)22(26)23-15-16-7-9-18(29-4)10-8-16/h7-14H,5-6,15H2,1-4H3,(H,23,26). The number of methoxy groups -OCH3 is 1. The normalized spacial score (nSPS) is 11.8. The van der Waals surface area contributed by atoms with E-state index in [1.54, 1.807) is 43.0 Å². The number of nitrogens with zero attached hydrogens (tertiary/aromatic N) is 2. The van der Waals surface area contributed by atoms with Crippen LogP contribution in [0.3, 0.4) is 0 Å². The first-order valence-corrected chi connectivity index (χ1v) is 11.3. The molecule has 1 heterocycles. The van der Waals surface area contributed by atoms with Crippen LogP contribution >= 0.6 is 0 Å². The van der Waals surface area contributed by atoms with Crippen LogP contribution in [-0.4, -0.2) is 43.4 Å². The molecule has 0 aliphatic carbocycles. The maximum absolute atomic E-state index is 12.8. The Morgan fingerprint density at radius 1 is 1.07 bits per heavy atom. The van der Waals surface area contributed by atoms with Gasteiger partial charge < -0.3 is 14.6 Å². The van der Waals surface area contributed by atoms with Gasteiger partial charge in [0.25, 0.3) is 5.91 Å². The molecule has 30 heavy (non-hydrogen) atoms. The van der Waals surface area contributed by atoms with Crippen LogP contribution in [0.4, 0.5) is 0 Å². The number of carbonyl (C=O) groups is 1. The van der Waals surface area contributed by atoms with Gasteiger partial charge in [0.05, 0.1) is 12.0 Å². The van der Waals surface area contributed by atoms with Crippen LogP contribution < -0.4 is 10.1 Å². The lowest BCUT2D eigenvalue weighted by atomic mass is 10.2. The van der Waals surface area contributed by atoms with E-state index >= 15 is 0 Å². The Kier molecular flexibility index (Phi) is 6.48. The lowest BCUT2D eigenvalue weighted by Gasteiger charge is -2.18. The van der Waals surface area contributed by atoms with E-state index in [4.69, 9.17) is 4.74 Å². The molecule has 2 aromatic carbocycles. The molecule has 1 amide bonds. The minimum absolute atomic E-state index is 0.224. The Hall–Kier alpha value is -2.84. The molecule has 3 rings (SSSR count). The van der Waals surface area contributed by atoms with Gasteiger partial charge in [-0.15, -0.1) is 0 Å². The molecule has 0 fully saturated rings. The minimum atomic E-state index is -3.56. The average Bonchev–Trinajstić information content (AvgIpc) is 3.09. The molecule has 160 valence electrons. The minimum Gasteiger partial charge on any atom is -0.497 e. The van der Waals surface area contributed by atoms with Gasteiger partial charge in [0.2, 0.25) is 10.0 Å². The zero-order valence-electron chi connectivity index (χ0n) is 17.7. The second-order valence-electron chi connectivity index (χ2n) is 6.93. The number of aromatic nitrogens is 1. The van der Waals surface area contributed by atoms with Crippen molar-refractivity contribution in [3.63, 3.8) is 0 Å². The summed E-state index contributed by atoms with van der Waals surface area (Å²) in [4.78, 5) is 13.0. The number of aryl methyl sites for hydroxylation is 1. The van der Waals surface area contributed by atoms with Crippen molar-refractivity contribution in [2.75, 3.05) is 20.2 Å². The SMILES string of the molecule is CCN(CC)S(=O)(=O)c1ccc2c(c1)cc(C(=O)NCc1ccc(OC)cc1)n2C. The summed E-state index contributed by atoms with van der Waals surface area (Å²) < 4.78 is 33.9. The predicted molar refractivity (Wildman–Crippen MR) is 117 cm³/mol. The molecule has 0 aliphatic heterocycles. The van der Waals surface area contributed by atoms with E-state index in [9.17, 15) is 13.2 Å². The molecule has 3 aromatic rings. The fraction of sp³-hybridized carbons (Fsp3) is 0.318. The topological polar surface area (TPSA) is 80.6 Å². The zero-order chi connectivity index (χ0) is 21.9. The van der Waals surface area contributed by atoms with Crippen LogP contribution in [0.1, 0.15) is 29.9 Å². The van der Waals surface area contributed by atoms with E-state index in [2.05, 4.69) is 5.32 Å². The smallest absolute Gasteiger partial charge is 0.268 e. The maximum atomic E-state index is 12.8. The van der Waals surface area contributed by atoms with E-state index < -0.39 is 10.0 Å². The number of nitrogens with one attached hydrogen (secondary N) is 1. The van der Waals surface area contributed by atoms with Gasteiger partial charge in [-0.3, -0.25) is 4.79 Å². The molecule has 1 aromatic heterocycles. The van der Waals surface area contributed by atoms with Crippen LogP contribution in [0.25, 0.3) is 10.9 Å². The fourth-order valence-corrected chi connectivity index (χ4v) is 4.93. The Morgan fingerprint density at radius 3 is 2.33 bits per heavy atom. The molecule has 0 saturated carbocycles. The molecule has 7 nitrogen and oxygen atoms in total. The molecule has 1 N–H and O–H groups in total. The summed E-state index contributed by atoms with van der Waals surface area (Å²) >= 11 is 0. The predicted octanol–water partition coefficient (Wildman–Crippen LogP) is 3.15. The number of carbonyl (C=O) groups excluding carboxylic acids is 1. The van der Waals surface area contributed by atoms with Crippen LogP contribution in [0.2, 0.25) is 0 Å². The Balaban J connectivity index is 1.84. The quantitative estimate of drug-likeness (QED) is 0.597. The highest BCUT2D eigenvalue weighted by Gasteiger charge is 2.23. The van der Waals surface area contributed by atoms with Crippen molar-refractivity contribution >= 4 is 26.8 Å². The first-order chi connectivity index (χ1) is 14.3. The van der Waals surface area contributed by atoms with E-state index in [0.29, 0.717) is 30.7 Å². The van der Waals surface area contributed by atoms with Crippen molar-refractivity contribution in [1.29, 1.82) is 0 Å². The van der Waals surface area contributed by atoms with Crippen LogP contribution in [0.5, 0.6) is 5.75 Å². The molecule has 8 heteroatoms. The van der Waals surface area contributed by atoms with Crippen molar-refractivity contribution in [1.82, 2.24) is 14.2 Å². The number of hydrogen-bond donors (Lipinski definition) is 1. The summed E-state index contributed by atoms with van der Waals surface area (Å²) in [5.74, 6) is 0.534. The monoisotopic (exact) mass is 429 g/mol. The number of hydrogen-bond acceptors (Lipinski definition) is 4. The Labute approximate surface area is 177 Å². The van der Waals surface area contributed by atoms with Gasteiger partial charge in [-0.25, -0.2) is 8.42 Å². The first-order valence-electron chi connectivity index (χ1n) is 9.82. The number of benzene rings is 2. The van der Waals surface area contributed by atoms with Crippen LogP contribution in [0.15, 0.2) is 53.4 Å². The molecule has 0 aliphatic rings. The largest absolute Gasteiger partial charge is 0.497 e. The summed E-state index contributed by atoms with van der Waals surface area (Å²) in [6, 6.07) is 14.2. The average molecular weight is 430 g/mol. The Morgan fingerprint density at radius 2 is 1.73 bits per heavy atom. The van der Waals surface area contributed by atoms with Gasteiger partial charge in [0.1, 0.15) is 11.4 Å². The molecule has 0 saturated heterocycles. The fourth-order valence-electron chi connectivity index (χ4n) is 3.43. The van der Waals surface area contributed by atoms with Crippen molar-refractivity contribution in [2.24, 2.45) is 7.05 Å². The van der Waals surface area contributed by atoms with Crippen molar-refractivity contribution in [2.45, 2.75) is 25.3 Å². The van der Waals surface area contributed by atoms with Gasteiger partial charge in [0, 0.05) is 37.6 Å². The number of rotatable bonds is 8. The number of amides is 1. The van der Waals surface area contributed by atoms with Gasteiger partial charge >= 0.3 is 0 Å². The Bertz CT molecular complexity index is 1150. The lowest BCUT2D eigenvalue weighted by molar-refractivity contribution is 0.0943. The second kappa shape index (κ2) is 8.89. The maximum Gasteiger partial charge on any atom is 0.268 e. The van der Waals surface area contributed by atoms with Crippen molar-refractivity contribution in [3.05, 3.63) is 59.8 Å². The van der Waals surface area contributed by atoms with E-state index in [-0.39, 0.29) is 10.8 Å². The third-order valence-electron chi connectivity index (χ3n) is 5.20. The molecular formula is C22H27N3O4S. The molecule has 0 radical (unpaired) electrons. The summed E-state index contributed by atoms with van der Waals surface area (Å²) in [6.45, 7) is 4.82. The molecule has 0 atom stereocenters. The highest BCUT2D eigenvalue weighted by Crippen LogP contribution is 2.24. The summed E-state index contributed by atoms with van der Waals surface area (Å²) in [5, 5.41) is 3.62. The summed E-state index contributed by atoms with van der Waals surface area (Å²) in [7, 11) is -0.154. The summed E-state index contributed by atoms with van der Waals surface area (Å²) in [6.07, 6.45) is 0. The van der Waals surface area contributed by atoms with Crippen LogP contribution in [0, 0.1) is 0 Å².